The van der Waals surface area contributed by atoms with Gasteiger partial charge in [-0.05, 0) is 36.2 Å². The third kappa shape index (κ3) is 5.03. The number of carbonyl (C=O) groups is 1. The number of urea groups is 1. The third-order valence-electron chi connectivity index (χ3n) is 6.31. The van der Waals surface area contributed by atoms with E-state index in [4.69, 9.17) is 14.7 Å². The average molecular weight is 459 g/mol. The maximum absolute atomic E-state index is 11.6. The molecule has 5 rings (SSSR count). The van der Waals surface area contributed by atoms with Crippen molar-refractivity contribution in [2.75, 3.05) is 50.1 Å². The Balaban J connectivity index is 1.45. The molecule has 3 aromatic rings. The second kappa shape index (κ2) is 10.2. The average Bonchev–Trinajstić information content (AvgIpc) is 2.89. The highest BCUT2D eigenvalue weighted by Gasteiger charge is 2.26. The number of nitrogens with zero attached hydrogens (tertiary/aromatic N) is 4. The van der Waals surface area contributed by atoms with Gasteiger partial charge in [-0.2, -0.15) is 0 Å². The Morgan fingerprint density at radius 2 is 1.76 bits per heavy atom. The van der Waals surface area contributed by atoms with Crippen molar-refractivity contribution in [1.29, 1.82) is 0 Å². The number of anilines is 2. The second-order valence-electron chi connectivity index (χ2n) is 8.62. The van der Waals surface area contributed by atoms with Gasteiger partial charge in [0.2, 0.25) is 0 Å². The van der Waals surface area contributed by atoms with Gasteiger partial charge >= 0.3 is 6.03 Å². The topological polar surface area (TPSA) is 82.6 Å². The summed E-state index contributed by atoms with van der Waals surface area (Å²) in [6, 6.07) is 18.0. The molecule has 0 atom stereocenters. The molecule has 8 nitrogen and oxygen atoms in total. The van der Waals surface area contributed by atoms with Crippen LogP contribution < -0.4 is 15.5 Å². The number of benzene rings is 2. The first kappa shape index (κ1) is 22.3. The predicted molar refractivity (Wildman–Crippen MR) is 133 cm³/mol. The second-order valence-corrected chi connectivity index (χ2v) is 8.62. The van der Waals surface area contributed by atoms with Gasteiger partial charge in [-0.3, -0.25) is 4.90 Å². The van der Waals surface area contributed by atoms with Gasteiger partial charge in [-0.25, -0.2) is 14.8 Å². The predicted octanol–water partition coefficient (Wildman–Crippen LogP) is 3.29. The molecule has 0 bridgehead atoms. The van der Waals surface area contributed by atoms with Crippen molar-refractivity contribution in [2.24, 2.45) is 0 Å². The Morgan fingerprint density at radius 1 is 1.00 bits per heavy atom. The minimum absolute atomic E-state index is 0.245. The summed E-state index contributed by atoms with van der Waals surface area (Å²) in [5.74, 6) is 1.75. The molecule has 0 saturated carbocycles. The monoisotopic (exact) mass is 458 g/mol. The summed E-state index contributed by atoms with van der Waals surface area (Å²) in [5.41, 5.74) is 5.32. The van der Waals surface area contributed by atoms with Gasteiger partial charge in [0, 0.05) is 56.6 Å². The van der Waals surface area contributed by atoms with Crippen LogP contribution in [0.25, 0.3) is 11.4 Å². The van der Waals surface area contributed by atoms with Crippen LogP contribution in [-0.2, 0) is 24.2 Å². The standard InChI is InChI=1S/C26H30N6O2/c1-27-26(33)28-21-9-7-20(8-10-21)24-29-23-18-31(17-19-5-3-2-4-6-19)12-11-22(23)25(30-24)32-13-15-34-16-14-32/h2-10H,11-18H2,1H3,(H2,27,28,33). The van der Waals surface area contributed by atoms with E-state index in [1.54, 1.807) is 7.05 Å². The number of hydrogen-bond donors (Lipinski definition) is 2. The lowest BCUT2D eigenvalue weighted by Gasteiger charge is -2.34. The highest BCUT2D eigenvalue weighted by Crippen LogP contribution is 2.31. The maximum Gasteiger partial charge on any atom is 0.318 e. The molecule has 2 aliphatic rings. The smallest absolute Gasteiger partial charge is 0.318 e. The van der Waals surface area contributed by atoms with Crippen molar-refractivity contribution in [2.45, 2.75) is 19.5 Å². The van der Waals surface area contributed by atoms with Crippen LogP contribution in [0, 0.1) is 0 Å². The number of morpholine rings is 1. The van der Waals surface area contributed by atoms with Crippen molar-refractivity contribution in [3.05, 3.63) is 71.4 Å². The number of fused-ring (bicyclic) bond motifs is 1. The van der Waals surface area contributed by atoms with E-state index < -0.39 is 0 Å². The Labute approximate surface area is 200 Å². The normalized spacial score (nSPS) is 16.1. The molecule has 0 radical (unpaired) electrons. The number of ether oxygens (including phenoxy) is 1. The largest absolute Gasteiger partial charge is 0.378 e. The minimum atomic E-state index is -0.245. The first-order chi connectivity index (χ1) is 16.7. The maximum atomic E-state index is 11.6. The van der Waals surface area contributed by atoms with Crippen LogP contribution in [-0.4, -0.2) is 60.8 Å². The molecular weight excluding hydrogens is 428 g/mol. The molecule has 2 aliphatic heterocycles. The summed E-state index contributed by atoms with van der Waals surface area (Å²) in [5, 5.41) is 5.36. The van der Waals surface area contributed by atoms with E-state index in [9.17, 15) is 4.79 Å². The molecule has 1 saturated heterocycles. The van der Waals surface area contributed by atoms with Crippen molar-refractivity contribution in [3.63, 3.8) is 0 Å². The minimum Gasteiger partial charge on any atom is -0.378 e. The van der Waals surface area contributed by atoms with E-state index in [2.05, 4.69) is 50.8 Å². The molecule has 2 aromatic carbocycles. The fraction of sp³-hybridized carbons (Fsp3) is 0.346. The Kier molecular flexibility index (Phi) is 6.69. The van der Waals surface area contributed by atoms with Gasteiger partial charge in [0.25, 0.3) is 0 Å². The Morgan fingerprint density at radius 3 is 2.50 bits per heavy atom. The molecule has 8 heteroatoms. The summed E-state index contributed by atoms with van der Waals surface area (Å²) < 4.78 is 5.58. The van der Waals surface area contributed by atoms with Gasteiger partial charge in [-0.1, -0.05) is 30.3 Å². The van der Waals surface area contributed by atoms with Crippen molar-refractivity contribution >= 4 is 17.5 Å². The fourth-order valence-electron chi connectivity index (χ4n) is 4.50. The molecule has 0 spiro atoms. The highest BCUT2D eigenvalue weighted by atomic mass is 16.5. The van der Waals surface area contributed by atoms with Crippen LogP contribution in [0.3, 0.4) is 0 Å². The number of nitrogens with one attached hydrogen (secondary N) is 2. The molecule has 0 aliphatic carbocycles. The number of aromatic nitrogens is 2. The molecule has 2 amide bonds. The van der Waals surface area contributed by atoms with Crippen molar-refractivity contribution < 1.29 is 9.53 Å². The number of amides is 2. The van der Waals surface area contributed by atoms with Crippen LogP contribution in [0.15, 0.2) is 54.6 Å². The number of rotatable bonds is 5. The summed E-state index contributed by atoms with van der Waals surface area (Å²) in [6.07, 6.45) is 0.935. The van der Waals surface area contributed by atoms with E-state index >= 15 is 0 Å². The van der Waals surface area contributed by atoms with Gasteiger partial charge in [0.1, 0.15) is 5.82 Å². The zero-order valence-corrected chi connectivity index (χ0v) is 19.5. The molecule has 2 N–H and O–H groups in total. The lowest BCUT2D eigenvalue weighted by molar-refractivity contribution is 0.122. The lowest BCUT2D eigenvalue weighted by atomic mass is 10.0. The zero-order chi connectivity index (χ0) is 23.3. The van der Waals surface area contributed by atoms with E-state index in [1.165, 1.54) is 11.1 Å². The van der Waals surface area contributed by atoms with Gasteiger partial charge in [0.05, 0.1) is 18.9 Å². The third-order valence-corrected chi connectivity index (χ3v) is 6.31. The Hall–Kier alpha value is -3.49. The molecule has 34 heavy (non-hydrogen) atoms. The first-order valence-electron chi connectivity index (χ1n) is 11.8. The van der Waals surface area contributed by atoms with Crippen LogP contribution in [0.2, 0.25) is 0 Å². The quantitative estimate of drug-likeness (QED) is 0.611. The van der Waals surface area contributed by atoms with Gasteiger partial charge in [-0.15, -0.1) is 0 Å². The van der Waals surface area contributed by atoms with Crippen LogP contribution in [0.5, 0.6) is 0 Å². The van der Waals surface area contributed by atoms with Gasteiger partial charge in [0.15, 0.2) is 5.82 Å². The molecule has 1 fully saturated rings. The van der Waals surface area contributed by atoms with E-state index in [0.29, 0.717) is 19.0 Å². The zero-order valence-electron chi connectivity index (χ0n) is 19.5. The molecule has 1 aromatic heterocycles. The first-order valence-corrected chi connectivity index (χ1v) is 11.8. The SMILES string of the molecule is CNC(=O)Nc1ccc(-c2nc3c(c(N4CCOCC4)n2)CCN(Cc2ccccc2)C3)cc1. The van der Waals surface area contributed by atoms with Crippen LogP contribution >= 0.6 is 0 Å². The summed E-state index contributed by atoms with van der Waals surface area (Å²) in [6.45, 7) is 5.81. The Bertz CT molecular complexity index is 1130. The van der Waals surface area contributed by atoms with Crippen molar-refractivity contribution in [3.8, 4) is 11.4 Å². The van der Waals surface area contributed by atoms with Gasteiger partial charge < -0.3 is 20.3 Å². The molecule has 0 unspecified atom stereocenters. The fourth-order valence-corrected chi connectivity index (χ4v) is 4.50. The number of carbonyl (C=O) groups excluding carboxylic acids is 1. The molecule has 176 valence electrons. The summed E-state index contributed by atoms with van der Waals surface area (Å²) >= 11 is 0. The summed E-state index contributed by atoms with van der Waals surface area (Å²) in [4.78, 5) is 26.5. The van der Waals surface area contributed by atoms with Crippen LogP contribution in [0.1, 0.15) is 16.8 Å². The van der Waals surface area contributed by atoms with E-state index in [0.717, 1.165) is 61.9 Å². The number of hydrogen-bond acceptors (Lipinski definition) is 6. The van der Waals surface area contributed by atoms with E-state index in [-0.39, 0.29) is 6.03 Å². The van der Waals surface area contributed by atoms with E-state index in [1.807, 2.05) is 24.3 Å². The summed E-state index contributed by atoms with van der Waals surface area (Å²) in [7, 11) is 1.60. The van der Waals surface area contributed by atoms with Crippen LogP contribution in [0.4, 0.5) is 16.3 Å². The lowest BCUT2D eigenvalue weighted by Crippen LogP contribution is -2.39. The highest BCUT2D eigenvalue weighted by molar-refractivity contribution is 5.89. The molecule has 3 heterocycles. The molecular formula is C26H30N6O2. The van der Waals surface area contributed by atoms with Crippen molar-refractivity contribution in [1.82, 2.24) is 20.2 Å².